The average molecular weight is 256 g/mol. The summed E-state index contributed by atoms with van der Waals surface area (Å²) in [4.78, 5) is 16.3. The van der Waals surface area contributed by atoms with E-state index >= 15 is 0 Å². The molecule has 1 heterocycles. The third-order valence-corrected chi connectivity index (χ3v) is 3.51. The lowest BCUT2D eigenvalue weighted by Crippen LogP contribution is -2.54. The molecule has 0 bridgehead atoms. The molecule has 0 aromatic carbocycles. The summed E-state index contributed by atoms with van der Waals surface area (Å²) in [5.41, 5.74) is 5.60. The Morgan fingerprint density at radius 2 is 2.06 bits per heavy atom. The van der Waals surface area contributed by atoms with Crippen LogP contribution >= 0.6 is 0 Å². The van der Waals surface area contributed by atoms with E-state index in [0.29, 0.717) is 12.5 Å². The molecule has 0 radical (unpaired) electrons. The van der Waals surface area contributed by atoms with E-state index in [1.54, 1.807) is 0 Å². The van der Waals surface area contributed by atoms with Crippen molar-refractivity contribution in [2.75, 3.05) is 40.3 Å². The highest BCUT2D eigenvalue weighted by Crippen LogP contribution is 2.07. The van der Waals surface area contributed by atoms with Crippen molar-refractivity contribution in [2.45, 2.75) is 38.3 Å². The maximum Gasteiger partial charge on any atom is 0.220 e. The number of amides is 1. The van der Waals surface area contributed by atoms with E-state index in [4.69, 9.17) is 5.73 Å². The van der Waals surface area contributed by atoms with Crippen LogP contribution in [0.2, 0.25) is 0 Å². The van der Waals surface area contributed by atoms with Crippen molar-refractivity contribution in [2.24, 2.45) is 5.73 Å². The second kappa shape index (κ2) is 6.50. The molecular formula is C13H28N4O. The van der Waals surface area contributed by atoms with Gasteiger partial charge in [0.15, 0.2) is 0 Å². The van der Waals surface area contributed by atoms with E-state index in [2.05, 4.69) is 29.2 Å². The summed E-state index contributed by atoms with van der Waals surface area (Å²) in [6, 6.07) is 0.415. The van der Waals surface area contributed by atoms with Crippen molar-refractivity contribution in [1.82, 2.24) is 15.1 Å². The number of nitrogens with one attached hydrogen (secondary N) is 1. The van der Waals surface area contributed by atoms with Crippen molar-refractivity contribution in [3.8, 4) is 0 Å². The largest absolute Gasteiger partial charge is 0.354 e. The minimum atomic E-state index is -0.265. The van der Waals surface area contributed by atoms with Gasteiger partial charge in [0.2, 0.25) is 5.91 Å². The van der Waals surface area contributed by atoms with Gasteiger partial charge in [0.1, 0.15) is 0 Å². The second-order valence-corrected chi connectivity index (χ2v) is 6.19. The first-order valence-corrected chi connectivity index (χ1v) is 6.72. The zero-order valence-corrected chi connectivity index (χ0v) is 12.2. The summed E-state index contributed by atoms with van der Waals surface area (Å²) >= 11 is 0. The Labute approximate surface area is 111 Å². The second-order valence-electron chi connectivity index (χ2n) is 6.19. The molecule has 1 unspecified atom stereocenters. The fraction of sp³-hybridized carbons (Fsp3) is 0.923. The zero-order chi connectivity index (χ0) is 13.8. The van der Waals surface area contributed by atoms with Crippen LogP contribution in [0.25, 0.3) is 0 Å². The Bertz CT molecular complexity index is 275. The quantitative estimate of drug-likeness (QED) is 0.719. The first kappa shape index (κ1) is 15.4. The first-order chi connectivity index (χ1) is 8.28. The number of hydrogen-bond acceptors (Lipinski definition) is 4. The predicted octanol–water partition coefficient (Wildman–Crippen LogP) is -0.134. The Balaban J connectivity index is 2.25. The van der Waals surface area contributed by atoms with Crippen LogP contribution in [0.5, 0.6) is 0 Å². The smallest absolute Gasteiger partial charge is 0.220 e. The van der Waals surface area contributed by atoms with Crippen LogP contribution in [0.3, 0.4) is 0 Å². The summed E-state index contributed by atoms with van der Waals surface area (Å²) in [6.45, 7) is 7.80. The molecular weight excluding hydrogens is 228 g/mol. The number of carbonyl (C=O) groups is 1. The molecule has 5 nitrogen and oxygen atoms in total. The van der Waals surface area contributed by atoms with Gasteiger partial charge in [0, 0.05) is 44.2 Å². The molecule has 3 N–H and O–H groups in total. The first-order valence-electron chi connectivity index (χ1n) is 6.72. The monoisotopic (exact) mass is 256 g/mol. The molecule has 1 aliphatic rings. The van der Waals surface area contributed by atoms with E-state index in [-0.39, 0.29) is 11.4 Å². The molecule has 0 spiro atoms. The summed E-state index contributed by atoms with van der Waals surface area (Å²) in [5, 5.41) is 3.01. The highest BCUT2D eigenvalue weighted by atomic mass is 16.1. The van der Waals surface area contributed by atoms with Gasteiger partial charge in [-0.15, -0.1) is 0 Å². The van der Waals surface area contributed by atoms with Crippen LogP contribution in [-0.4, -0.2) is 67.6 Å². The highest BCUT2D eigenvalue weighted by molar-refractivity contribution is 5.75. The fourth-order valence-corrected chi connectivity index (χ4v) is 2.08. The van der Waals surface area contributed by atoms with Gasteiger partial charge in [0.05, 0.1) is 0 Å². The Morgan fingerprint density at radius 3 is 2.67 bits per heavy atom. The summed E-state index contributed by atoms with van der Waals surface area (Å²) < 4.78 is 0. The minimum absolute atomic E-state index is 0.107. The molecule has 1 aliphatic heterocycles. The zero-order valence-electron chi connectivity index (χ0n) is 12.2. The van der Waals surface area contributed by atoms with E-state index in [1.807, 2.05) is 13.8 Å². The molecule has 0 aromatic heterocycles. The third-order valence-electron chi connectivity index (χ3n) is 3.51. The maximum atomic E-state index is 11.7. The topological polar surface area (TPSA) is 61.6 Å². The predicted molar refractivity (Wildman–Crippen MR) is 74.4 cm³/mol. The molecule has 1 amide bonds. The van der Waals surface area contributed by atoms with Crippen LogP contribution in [0.4, 0.5) is 0 Å². The summed E-state index contributed by atoms with van der Waals surface area (Å²) in [7, 11) is 4.24. The Morgan fingerprint density at radius 1 is 1.39 bits per heavy atom. The molecule has 1 fully saturated rings. The molecule has 0 aromatic rings. The summed E-state index contributed by atoms with van der Waals surface area (Å²) in [6.07, 6.45) is 1.23. The van der Waals surface area contributed by atoms with Gasteiger partial charge in [0.25, 0.3) is 0 Å². The third kappa shape index (κ3) is 5.80. The lowest BCUT2D eigenvalue weighted by molar-refractivity contribution is -0.121. The molecule has 1 rings (SSSR count). The normalized spacial score (nSPS) is 23.1. The lowest BCUT2D eigenvalue weighted by Gasteiger charge is -2.37. The Kier molecular flexibility index (Phi) is 5.56. The van der Waals surface area contributed by atoms with E-state index in [1.165, 1.54) is 0 Å². The number of nitrogens with two attached hydrogens (primary N) is 1. The van der Waals surface area contributed by atoms with Crippen molar-refractivity contribution >= 4 is 5.91 Å². The number of carbonyl (C=O) groups excluding carboxylic acids is 1. The molecule has 0 aliphatic carbocycles. The van der Waals surface area contributed by atoms with E-state index < -0.39 is 0 Å². The van der Waals surface area contributed by atoms with E-state index in [0.717, 1.165) is 32.6 Å². The van der Waals surface area contributed by atoms with Crippen molar-refractivity contribution in [3.63, 3.8) is 0 Å². The van der Waals surface area contributed by atoms with Gasteiger partial charge >= 0.3 is 0 Å². The Hall–Kier alpha value is -0.650. The van der Waals surface area contributed by atoms with Crippen molar-refractivity contribution in [1.29, 1.82) is 0 Å². The van der Waals surface area contributed by atoms with Crippen LogP contribution < -0.4 is 11.1 Å². The summed E-state index contributed by atoms with van der Waals surface area (Å²) in [5.74, 6) is 0.107. The molecule has 1 saturated heterocycles. The van der Waals surface area contributed by atoms with Gasteiger partial charge < -0.3 is 16.0 Å². The van der Waals surface area contributed by atoms with Crippen LogP contribution in [0.15, 0.2) is 0 Å². The average Bonchev–Trinajstić information content (AvgIpc) is 2.26. The van der Waals surface area contributed by atoms with Crippen molar-refractivity contribution in [3.05, 3.63) is 0 Å². The lowest BCUT2D eigenvalue weighted by atomic mass is 10.00. The van der Waals surface area contributed by atoms with Gasteiger partial charge in [-0.2, -0.15) is 0 Å². The number of likely N-dealkylation sites (N-methyl/N-ethyl adjacent to an activating group) is 2. The SMILES string of the molecule is CN1CCN(C)C(CNC(=O)CCC(C)(C)N)C1. The van der Waals surface area contributed by atoms with Crippen molar-refractivity contribution < 1.29 is 4.79 Å². The highest BCUT2D eigenvalue weighted by Gasteiger charge is 2.22. The molecule has 18 heavy (non-hydrogen) atoms. The van der Waals surface area contributed by atoms with Gasteiger partial charge in [-0.1, -0.05) is 0 Å². The van der Waals surface area contributed by atoms with Crippen LogP contribution in [-0.2, 0) is 4.79 Å². The van der Waals surface area contributed by atoms with E-state index in [9.17, 15) is 4.79 Å². The number of nitrogens with zero attached hydrogens (tertiary/aromatic N) is 2. The number of rotatable bonds is 5. The van der Waals surface area contributed by atoms with Crippen LogP contribution in [0, 0.1) is 0 Å². The molecule has 1 atom stereocenters. The minimum Gasteiger partial charge on any atom is -0.354 e. The molecule has 5 heteroatoms. The standard InChI is InChI=1S/C13H28N4O/c1-13(2,14)6-5-12(18)15-9-11-10-16(3)7-8-17(11)4/h11H,5-10,14H2,1-4H3,(H,15,18). The van der Waals surface area contributed by atoms with Gasteiger partial charge in [-0.3, -0.25) is 9.69 Å². The van der Waals surface area contributed by atoms with Crippen LogP contribution in [0.1, 0.15) is 26.7 Å². The fourth-order valence-electron chi connectivity index (χ4n) is 2.08. The number of hydrogen-bond donors (Lipinski definition) is 2. The van der Waals surface area contributed by atoms with Gasteiger partial charge in [-0.25, -0.2) is 0 Å². The number of piperazine rings is 1. The molecule has 0 saturated carbocycles. The maximum absolute atomic E-state index is 11.7. The molecule has 106 valence electrons. The van der Waals surface area contributed by atoms with Gasteiger partial charge in [-0.05, 0) is 34.4 Å².